The Bertz CT molecular complexity index is 550. The van der Waals surface area contributed by atoms with Crippen LogP contribution in [0.1, 0.15) is 46.1 Å². The van der Waals surface area contributed by atoms with Crippen LogP contribution in [0.3, 0.4) is 0 Å². The lowest BCUT2D eigenvalue weighted by Crippen LogP contribution is -2.11. The number of Topliss-reactive ketones (excluding diaryl/α,β-unsaturated/α-hetero) is 1. The molecule has 0 unspecified atom stereocenters. The number of ether oxygens (including phenoxy) is 1. The molecule has 0 bridgehead atoms. The summed E-state index contributed by atoms with van der Waals surface area (Å²) in [5, 5.41) is 9.16. The molecule has 0 N–H and O–H groups in total. The number of nitriles is 1. The summed E-state index contributed by atoms with van der Waals surface area (Å²) in [5.41, 5.74) is 1.05. The Morgan fingerprint density at radius 1 is 1.27 bits per heavy atom. The highest BCUT2D eigenvalue weighted by atomic mass is 16.5. The molecule has 0 saturated heterocycles. The topological polar surface area (TPSA) is 50.1 Å². The summed E-state index contributed by atoms with van der Waals surface area (Å²) in [7, 11) is 0. The van der Waals surface area contributed by atoms with E-state index in [-0.39, 0.29) is 17.3 Å². The van der Waals surface area contributed by atoms with Crippen LogP contribution in [-0.4, -0.2) is 12.4 Å². The molecule has 1 rings (SSSR count). The second-order valence-corrected chi connectivity index (χ2v) is 5.94. The van der Waals surface area contributed by atoms with Crippen LogP contribution in [0, 0.1) is 23.2 Å². The third-order valence-electron chi connectivity index (χ3n) is 3.60. The average Bonchev–Trinajstić information content (AvgIpc) is 2.52. The first-order valence-electron chi connectivity index (χ1n) is 7.86. The molecule has 0 aromatic heterocycles. The minimum atomic E-state index is -0.121. The van der Waals surface area contributed by atoms with Crippen molar-refractivity contribution in [3.05, 3.63) is 35.4 Å². The summed E-state index contributed by atoms with van der Waals surface area (Å²) in [5.74, 6) is 1.21. The number of hydrogen-bond acceptors (Lipinski definition) is 3. The zero-order chi connectivity index (χ0) is 16.5. The van der Waals surface area contributed by atoms with Crippen molar-refractivity contribution >= 4 is 11.9 Å². The molecule has 0 aliphatic carbocycles. The fraction of sp³-hybridized carbons (Fsp3) is 0.474. The number of hydrogen-bond donors (Lipinski definition) is 0. The van der Waals surface area contributed by atoms with Crippen LogP contribution in [0.2, 0.25) is 0 Å². The quantitative estimate of drug-likeness (QED) is 0.519. The van der Waals surface area contributed by atoms with Gasteiger partial charge in [-0.2, -0.15) is 5.26 Å². The highest BCUT2D eigenvalue weighted by molar-refractivity contribution is 6.04. The van der Waals surface area contributed by atoms with E-state index in [1.165, 1.54) is 0 Å². The fourth-order valence-electron chi connectivity index (χ4n) is 1.85. The Kier molecular flexibility index (Phi) is 7.39. The first-order chi connectivity index (χ1) is 10.5. The van der Waals surface area contributed by atoms with Gasteiger partial charge in [-0.1, -0.05) is 39.8 Å². The monoisotopic (exact) mass is 299 g/mol. The average molecular weight is 299 g/mol. The summed E-state index contributed by atoms with van der Waals surface area (Å²) < 4.78 is 5.65. The summed E-state index contributed by atoms with van der Waals surface area (Å²) in [4.78, 5) is 12.1. The molecule has 3 nitrogen and oxygen atoms in total. The Hall–Kier alpha value is -2.08. The number of carbonyl (C=O) groups excluding carboxylic acids is 1. The Morgan fingerprint density at radius 3 is 2.41 bits per heavy atom. The van der Waals surface area contributed by atoms with Gasteiger partial charge in [0.15, 0.2) is 5.78 Å². The first kappa shape index (κ1) is 18.0. The highest BCUT2D eigenvalue weighted by Crippen LogP contribution is 2.17. The van der Waals surface area contributed by atoms with Gasteiger partial charge < -0.3 is 4.74 Å². The van der Waals surface area contributed by atoms with Gasteiger partial charge in [-0.05, 0) is 42.5 Å². The molecule has 0 amide bonds. The van der Waals surface area contributed by atoms with E-state index in [0.29, 0.717) is 12.5 Å². The molecule has 22 heavy (non-hydrogen) atoms. The van der Waals surface area contributed by atoms with Crippen LogP contribution < -0.4 is 4.74 Å². The maximum absolute atomic E-state index is 12.1. The molecule has 118 valence electrons. The normalized spacial score (nSPS) is 12.8. The fourth-order valence-corrected chi connectivity index (χ4v) is 1.85. The van der Waals surface area contributed by atoms with Crippen molar-refractivity contribution in [1.29, 1.82) is 5.26 Å². The van der Waals surface area contributed by atoms with Gasteiger partial charge in [-0.25, -0.2) is 0 Å². The molecule has 0 radical (unpaired) electrons. The largest absolute Gasteiger partial charge is 0.494 e. The van der Waals surface area contributed by atoms with Crippen molar-refractivity contribution in [3.63, 3.8) is 0 Å². The van der Waals surface area contributed by atoms with Crippen LogP contribution in [0.5, 0.6) is 5.75 Å². The third-order valence-corrected chi connectivity index (χ3v) is 3.60. The maximum Gasteiger partial charge on any atom is 0.176 e. The van der Waals surface area contributed by atoms with Crippen LogP contribution in [0.25, 0.3) is 6.08 Å². The van der Waals surface area contributed by atoms with E-state index in [1.807, 2.05) is 44.2 Å². The van der Waals surface area contributed by atoms with Crippen molar-refractivity contribution in [2.75, 3.05) is 6.61 Å². The zero-order valence-electron chi connectivity index (χ0n) is 13.9. The minimum Gasteiger partial charge on any atom is -0.494 e. The van der Waals surface area contributed by atoms with E-state index in [2.05, 4.69) is 13.8 Å². The SMILES string of the molecule is CC[C@H](C)C(=O)/C(C#N)=C/c1ccc(OCCC(C)C)cc1. The predicted molar refractivity (Wildman–Crippen MR) is 89.4 cm³/mol. The van der Waals surface area contributed by atoms with E-state index in [1.54, 1.807) is 6.08 Å². The van der Waals surface area contributed by atoms with E-state index >= 15 is 0 Å². The van der Waals surface area contributed by atoms with Crippen molar-refractivity contribution < 1.29 is 9.53 Å². The summed E-state index contributed by atoms with van der Waals surface area (Å²) in [6.07, 6.45) is 3.40. The Morgan fingerprint density at radius 2 is 1.91 bits per heavy atom. The van der Waals surface area contributed by atoms with Crippen LogP contribution >= 0.6 is 0 Å². The first-order valence-corrected chi connectivity index (χ1v) is 7.86. The molecular weight excluding hydrogens is 274 g/mol. The lowest BCUT2D eigenvalue weighted by Gasteiger charge is -2.08. The van der Waals surface area contributed by atoms with Gasteiger partial charge in [-0.15, -0.1) is 0 Å². The highest BCUT2D eigenvalue weighted by Gasteiger charge is 2.15. The van der Waals surface area contributed by atoms with Crippen LogP contribution in [-0.2, 0) is 4.79 Å². The molecule has 0 aliphatic rings. The maximum atomic E-state index is 12.1. The second-order valence-electron chi connectivity index (χ2n) is 5.94. The van der Waals surface area contributed by atoms with Crippen LogP contribution in [0.15, 0.2) is 29.8 Å². The molecule has 1 aromatic rings. The van der Waals surface area contributed by atoms with Crippen molar-refractivity contribution in [3.8, 4) is 11.8 Å². The number of nitrogens with zero attached hydrogens (tertiary/aromatic N) is 1. The molecular formula is C19H25NO2. The molecule has 1 aromatic carbocycles. The molecule has 0 spiro atoms. The van der Waals surface area contributed by atoms with E-state index < -0.39 is 0 Å². The standard InChI is InChI=1S/C19H25NO2/c1-5-15(4)19(21)17(13-20)12-16-6-8-18(9-7-16)22-11-10-14(2)3/h6-9,12,14-15H,5,10-11H2,1-4H3/b17-12+/t15-/m0/s1. The number of benzene rings is 1. The van der Waals surface area contributed by atoms with E-state index in [9.17, 15) is 4.79 Å². The molecule has 0 saturated carbocycles. The number of ketones is 1. The van der Waals surface area contributed by atoms with E-state index in [0.717, 1.165) is 24.2 Å². The third kappa shape index (κ3) is 5.73. The van der Waals surface area contributed by atoms with Gasteiger partial charge in [0.1, 0.15) is 11.8 Å². The number of allylic oxidation sites excluding steroid dienone is 1. The van der Waals surface area contributed by atoms with Crippen molar-refractivity contribution in [1.82, 2.24) is 0 Å². The predicted octanol–water partition coefficient (Wildman–Crippen LogP) is 4.63. The Balaban J connectivity index is 2.75. The molecule has 0 aliphatic heterocycles. The minimum absolute atomic E-state index is 0.0951. The van der Waals surface area contributed by atoms with Gasteiger partial charge in [-0.3, -0.25) is 4.79 Å². The molecule has 3 heteroatoms. The van der Waals surface area contributed by atoms with E-state index in [4.69, 9.17) is 10.00 Å². The summed E-state index contributed by atoms with van der Waals surface area (Å²) in [6, 6.07) is 9.48. The smallest absolute Gasteiger partial charge is 0.176 e. The zero-order valence-corrected chi connectivity index (χ0v) is 13.9. The number of rotatable bonds is 8. The molecule has 0 heterocycles. The Labute approximate surface area is 133 Å². The van der Waals surface area contributed by atoms with Gasteiger partial charge in [0.25, 0.3) is 0 Å². The molecule has 1 atom stereocenters. The lowest BCUT2D eigenvalue weighted by molar-refractivity contribution is -0.118. The van der Waals surface area contributed by atoms with Gasteiger partial charge in [0.05, 0.1) is 12.2 Å². The number of carbonyl (C=O) groups is 1. The van der Waals surface area contributed by atoms with Crippen molar-refractivity contribution in [2.45, 2.75) is 40.5 Å². The van der Waals surface area contributed by atoms with Gasteiger partial charge in [0.2, 0.25) is 0 Å². The van der Waals surface area contributed by atoms with Gasteiger partial charge >= 0.3 is 0 Å². The summed E-state index contributed by atoms with van der Waals surface area (Å²) in [6.45, 7) is 8.81. The van der Waals surface area contributed by atoms with Gasteiger partial charge in [0, 0.05) is 5.92 Å². The van der Waals surface area contributed by atoms with Crippen LogP contribution in [0.4, 0.5) is 0 Å². The second kappa shape index (κ2) is 9.04. The molecule has 0 fully saturated rings. The van der Waals surface area contributed by atoms with Crippen molar-refractivity contribution in [2.24, 2.45) is 11.8 Å². The lowest BCUT2D eigenvalue weighted by atomic mass is 9.96. The summed E-state index contributed by atoms with van der Waals surface area (Å²) >= 11 is 0.